The fourth-order valence-corrected chi connectivity index (χ4v) is 1.01. The molecule has 0 aliphatic rings. The van der Waals surface area contributed by atoms with Crippen molar-refractivity contribution < 1.29 is 4.74 Å². The van der Waals surface area contributed by atoms with E-state index in [1.54, 1.807) is 0 Å². The molecule has 0 aromatic heterocycles. The molecule has 0 heterocycles. The molecule has 0 fully saturated rings. The monoisotopic (exact) mass is 205 g/mol. The van der Waals surface area contributed by atoms with E-state index in [1.807, 2.05) is 6.92 Å². The molecular formula is C8H19N3OS. The van der Waals surface area contributed by atoms with Crippen LogP contribution in [0.25, 0.3) is 0 Å². The highest BCUT2D eigenvalue weighted by molar-refractivity contribution is 7.80. The molecule has 4 N–H and O–H groups in total. The Bertz CT molecular complexity index is 152. The van der Waals surface area contributed by atoms with Crippen LogP contribution in [-0.4, -0.2) is 24.4 Å². The fourth-order valence-electron chi connectivity index (χ4n) is 0.856. The summed E-state index contributed by atoms with van der Waals surface area (Å²) in [7, 11) is 0. The number of ether oxygens (including phenoxy) is 1. The zero-order chi connectivity index (χ0) is 10.3. The van der Waals surface area contributed by atoms with E-state index in [2.05, 4.69) is 24.6 Å². The van der Waals surface area contributed by atoms with Gasteiger partial charge in [0.15, 0.2) is 5.11 Å². The average molecular weight is 205 g/mol. The van der Waals surface area contributed by atoms with Gasteiger partial charge < -0.3 is 15.5 Å². The third-order valence-electron chi connectivity index (χ3n) is 1.75. The van der Waals surface area contributed by atoms with Gasteiger partial charge in [-0.1, -0.05) is 13.8 Å². The van der Waals surface area contributed by atoms with Crippen molar-refractivity contribution in [1.82, 2.24) is 10.7 Å². The third kappa shape index (κ3) is 5.79. The maximum Gasteiger partial charge on any atom is 0.180 e. The Labute approximate surface area is 85.2 Å². The number of nitrogens with one attached hydrogen (secondary N) is 2. The lowest BCUT2D eigenvalue weighted by molar-refractivity contribution is 0.115. The van der Waals surface area contributed by atoms with Crippen molar-refractivity contribution in [3.05, 3.63) is 0 Å². The summed E-state index contributed by atoms with van der Waals surface area (Å²) in [4.78, 5) is 0. The number of hydrazine groups is 1. The molecule has 1 unspecified atom stereocenters. The van der Waals surface area contributed by atoms with E-state index in [9.17, 15) is 0 Å². The van der Waals surface area contributed by atoms with Crippen molar-refractivity contribution in [2.24, 2.45) is 11.8 Å². The highest BCUT2D eigenvalue weighted by Gasteiger charge is 2.13. The lowest BCUT2D eigenvalue weighted by atomic mass is 10.1. The van der Waals surface area contributed by atoms with Gasteiger partial charge >= 0.3 is 0 Å². The highest BCUT2D eigenvalue weighted by atomic mass is 32.1. The minimum atomic E-state index is 0.212. The van der Waals surface area contributed by atoms with Crippen molar-refractivity contribution in [2.75, 3.05) is 13.2 Å². The Morgan fingerprint density at radius 2 is 2.15 bits per heavy atom. The van der Waals surface area contributed by atoms with E-state index in [4.69, 9.17) is 22.8 Å². The second kappa shape index (κ2) is 7.06. The van der Waals surface area contributed by atoms with Crippen LogP contribution in [0.15, 0.2) is 0 Å². The van der Waals surface area contributed by atoms with Gasteiger partial charge in [0, 0.05) is 6.61 Å². The Morgan fingerprint density at radius 1 is 1.54 bits per heavy atom. The van der Waals surface area contributed by atoms with Crippen LogP contribution in [-0.2, 0) is 4.74 Å². The van der Waals surface area contributed by atoms with Crippen LogP contribution in [0.3, 0.4) is 0 Å². The minimum Gasteiger partial charge on any atom is -0.380 e. The van der Waals surface area contributed by atoms with Gasteiger partial charge in [0.2, 0.25) is 0 Å². The van der Waals surface area contributed by atoms with Crippen LogP contribution in [0.1, 0.15) is 20.8 Å². The number of hydrogen-bond donors (Lipinski definition) is 3. The molecule has 13 heavy (non-hydrogen) atoms. The first-order chi connectivity index (χ1) is 6.11. The quantitative estimate of drug-likeness (QED) is 0.344. The first kappa shape index (κ1) is 12.6. The molecule has 0 saturated carbocycles. The summed E-state index contributed by atoms with van der Waals surface area (Å²) in [5, 5.41) is 3.53. The van der Waals surface area contributed by atoms with E-state index in [-0.39, 0.29) is 6.04 Å². The predicted molar refractivity (Wildman–Crippen MR) is 58.2 cm³/mol. The van der Waals surface area contributed by atoms with Gasteiger partial charge in [-0.25, -0.2) is 5.84 Å². The summed E-state index contributed by atoms with van der Waals surface area (Å²) >= 11 is 4.90. The van der Waals surface area contributed by atoms with Gasteiger partial charge in [0.05, 0.1) is 12.6 Å². The second-order valence-corrected chi connectivity index (χ2v) is 3.54. The number of nitrogens with two attached hydrogens (primary N) is 1. The van der Waals surface area contributed by atoms with E-state index in [0.717, 1.165) is 0 Å². The van der Waals surface area contributed by atoms with Crippen LogP contribution < -0.4 is 16.6 Å². The molecule has 0 amide bonds. The van der Waals surface area contributed by atoms with Crippen LogP contribution in [0.4, 0.5) is 0 Å². The van der Waals surface area contributed by atoms with Gasteiger partial charge in [-0.05, 0) is 25.1 Å². The normalized spacial score (nSPS) is 12.7. The average Bonchev–Trinajstić information content (AvgIpc) is 2.11. The molecule has 0 aromatic rings. The Hall–Kier alpha value is -0.390. The lowest BCUT2D eigenvalue weighted by Gasteiger charge is -2.22. The van der Waals surface area contributed by atoms with Crippen molar-refractivity contribution >= 4 is 17.3 Å². The fraction of sp³-hybridized carbons (Fsp3) is 0.875. The molecular weight excluding hydrogens is 186 g/mol. The molecule has 0 saturated heterocycles. The van der Waals surface area contributed by atoms with E-state index < -0.39 is 0 Å². The zero-order valence-electron chi connectivity index (χ0n) is 8.46. The zero-order valence-corrected chi connectivity index (χ0v) is 9.28. The topological polar surface area (TPSA) is 59.3 Å². The van der Waals surface area contributed by atoms with Crippen molar-refractivity contribution in [3.63, 3.8) is 0 Å². The van der Waals surface area contributed by atoms with Crippen LogP contribution in [0, 0.1) is 5.92 Å². The molecule has 78 valence electrons. The summed E-state index contributed by atoms with van der Waals surface area (Å²) in [5.41, 5.74) is 2.39. The second-order valence-electron chi connectivity index (χ2n) is 3.13. The summed E-state index contributed by atoms with van der Waals surface area (Å²) in [5.74, 6) is 5.61. The highest BCUT2D eigenvalue weighted by Crippen LogP contribution is 2.01. The van der Waals surface area contributed by atoms with Crippen LogP contribution in [0.5, 0.6) is 0 Å². The number of rotatable bonds is 5. The van der Waals surface area contributed by atoms with Crippen molar-refractivity contribution in [2.45, 2.75) is 26.8 Å². The maximum absolute atomic E-state index is 5.31. The Kier molecular flexibility index (Phi) is 6.84. The molecule has 0 aliphatic carbocycles. The minimum absolute atomic E-state index is 0.212. The number of thiocarbonyl (C=S) groups is 1. The van der Waals surface area contributed by atoms with Crippen molar-refractivity contribution in [1.29, 1.82) is 0 Å². The van der Waals surface area contributed by atoms with Gasteiger partial charge in [-0.2, -0.15) is 0 Å². The van der Waals surface area contributed by atoms with Crippen LogP contribution in [0.2, 0.25) is 0 Å². The maximum atomic E-state index is 5.31. The Morgan fingerprint density at radius 3 is 2.54 bits per heavy atom. The molecule has 0 bridgehead atoms. The first-order valence-corrected chi connectivity index (χ1v) is 4.87. The van der Waals surface area contributed by atoms with E-state index in [1.165, 1.54) is 0 Å². The summed E-state index contributed by atoms with van der Waals surface area (Å²) in [6.07, 6.45) is 0. The Balaban J connectivity index is 3.87. The molecule has 1 atom stereocenters. The first-order valence-electron chi connectivity index (χ1n) is 4.46. The smallest absolute Gasteiger partial charge is 0.180 e. The third-order valence-corrected chi connectivity index (χ3v) is 1.99. The number of hydrogen-bond acceptors (Lipinski definition) is 3. The van der Waals surface area contributed by atoms with E-state index in [0.29, 0.717) is 24.2 Å². The SMILES string of the molecule is CCOCC(NC(=S)NN)C(C)C. The summed E-state index contributed by atoms with van der Waals surface area (Å²) in [6.45, 7) is 7.55. The summed E-state index contributed by atoms with van der Waals surface area (Å²) < 4.78 is 5.31. The standard InChI is InChI=1S/C8H19N3OS/c1-4-12-5-7(6(2)3)10-8(13)11-9/h6-7H,4-5,9H2,1-3H3,(H2,10,11,13). The molecule has 0 radical (unpaired) electrons. The van der Waals surface area contributed by atoms with E-state index >= 15 is 0 Å². The molecule has 4 nitrogen and oxygen atoms in total. The molecule has 0 aliphatic heterocycles. The van der Waals surface area contributed by atoms with Gasteiger partial charge in [0.25, 0.3) is 0 Å². The van der Waals surface area contributed by atoms with Gasteiger partial charge in [0.1, 0.15) is 0 Å². The summed E-state index contributed by atoms with van der Waals surface area (Å²) in [6, 6.07) is 0.212. The molecule has 5 heteroatoms. The predicted octanol–water partition coefficient (Wildman–Crippen LogP) is 0.385. The van der Waals surface area contributed by atoms with Gasteiger partial charge in [-0.3, -0.25) is 0 Å². The molecule has 0 rings (SSSR count). The van der Waals surface area contributed by atoms with Crippen molar-refractivity contribution in [3.8, 4) is 0 Å². The lowest BCUT2D eigenvalue weighted by Crippen LogP contribution is -2.48. The van der Waals surface area contributed by atoms with Gasteiger partial charge in [-0.15, -0.1) is 0 Å². The molecule has 0 aromatic carbocycles. The van der Waals surface area contributed by atoms with Crippen LogP contribution >= 0.6 is 12.2 Å². The molecule has 0 spiro atoms. The largest absolute Gasteiger partial charge is 0.380 e.